The summed E-state index contributed by atoms with van der Waals surface area (Å²) in [7, 11) is 1.55. The van der Waals surface area contributed by atoms with E-state index in [1.165, 1.54) is 18.2 Å². The van der Waals surface area contributed by atoms with Crippen LogP contribution in [0.15, 0.2) is 48.5 Å². The van der Waals surface area contributed by atoms with Crippen molar-refractivity contribution in [2.24, 2.45) is 5.41 Å². The zero-order valence-corrected chi connectivity index (χ0v) is 22.7. The predicted octanol–water partition coefficient (Wildman–Crippen LogP) is 4.76. The van der Waals surface area contributed by atoms with Gasteiger partial charge < -0.3 is 30.5 Å². The number of carbonyl (C=O) groups is 1. The average Bonchev–Trinajstić information content (AvgIpc) is 3.35. The Hall–Kier alpha value is -4.06. The molecule has 2 fully saturated rings. The van der Waals surface area contributed by atoms with E-state index in [1.54, 1.807) is 19.2 Å². The fraction of sp³-hybridized carbons (Fsp3) is 0.414. The summed E-state index contributed by atoms with van der Waals surface area (Å²) in [5.41, 5.74) is 8.23. The minimum atomic E-state index is -4.72. The van der Waals surface area contributed by atoms with Crippen LogP contribution in [0.2, 0.25) is 0 Å². The number of methoxy groups -OCH3 is 1. The zero-order valence-electron chi connectivity index (χ0n) is 22.7. The van der Waals surface area contributed by atoms with Crippen molar-refractivity contribution in [3.8, 4) is 22.8 Å². The number of aliphatic carboxylic acids is 1. The number of aryl methyl sites for hydroxylation is 1. The first-order chi connectivity index (χ1) is 19.5. The Balaban J connectivity index is 1.33. The van der Waals surface area contributed by atoms with Gasteiger partial charge in [-0.15, -0.1) is 0 Å². The summed E-state index contributed by atoms with van der Waals surface area (Å²) in [6, 6.07) is 12.4. The number of hydrogen-bond donors (Lipinski definition) is 3. The number of carboxylic acids is 1. The highest BCUT2D eigenvalue weighted by atomic mass is 19.4. The first-order valence-corrected chi connectivity index (χ1v) is 13.3. The average molecular weight is 572 g/mol. The molecule has 2 saturated heterocycles. The maximum atomic E-state index is 14.2. The van der Waals surface area contributed by atoms with Crippen molar-refractivity contribution in [1.29, 1.82) is 0 Å². The minimum Gasteiger partial charge on any atom is -0.497 e. The van der Waals surface area contributed by atoms with E-state index in [2.05, 4.69) is 15.3 Å². The molecule has 2 aliphatic heterocycles. The van der Waals surface area contributed by atoms with Crippen LogP contribution in [0, 0.1) is 12.3 Å². The van der Waals surface area contributed by atoms with Crippen LogP contribution in [0.3, 0.4) is 0 Å². The Morgan fingerprint density at radius 2 is 1.85 bits per heavy atom. The summed E-state index contributed by atoms with van der Waals surface area (Å²) in [4.78, 5) is 21.4. The standard InChI is InChI=1S/C29H32F3N5O4/c1-17-3-8-20(40-2)13-21(17)18-4-6-19(7-5-18)25(29(30,31)32)41-24-14-23(35-27(33)36-24)37-11-9-28(10-12-37)15-22(26(38)39)34-16-28/h3-8,13-14,22,25,34H,9-12,15-16H2,1-2H3,(H,38,39)(H2,33,35,36)/t22-,25?/m0/s1. The molecule has 5 rings (SSSR count). The van der Waals surface area contributed by atoms with Crippen molar-refractivity contribution < 1.29 is 32.5 Å². The molecule has 4 N–H and O–H groups in total. The first kappa shape index (κ1) is 28.5. The van der Waals surface area contributed by atoms with Gasteiger partial charge in [-0.3, -0.25) is 4.79 Å². The third kappa shape index (κ3) is 6.17. The number of ether oxygens (including phenoxy) is 2. The maximum Gasteiger partial charge on any atom is 0.429 e. The summed E-state index contributed by atoms with van der Waals surface area (Å²) in [6.07, 6.45) is -5.02. The number of hydrogen-bond acceptors (Lipinski definition) is 8. The lowest BCUT2D eigenvalue weighted by Crippen LogP contribution is -2.41. The van der Waals surface area contributed by atoms with Gasteiger partial charge >= 0.3 is 12.1 Å². The molecule has 2 atom stereocenters. The summed E-state index contributed by atoms with van der Waals surface area (Å²) >= 11 is 0. The second-order valence-electron chi connectivity index (χ2n) is 10.7. The monoisotopic (exact) mass is 571 g/mol. The van der Waals surface area contributed by atoms with Crippen molar-refractivity contribution in [2.45, 2.75) is 44.5 Å². The quantitative estimate of drug-likeness (QED) is 0.368. The molecule has 9 nitrogen and oxygen atoms in total. The summed E-state index contributed by atoms with van der Waals surface area (Å²) < 4.78 is 53.4. The summed E-state index contributed by atoms with van der Waals surface area (Å²) in [5, 5.41) is 12.4. The van der Waals surface area contributed by atoms with Gasteiger partial charge in [-0.25, -0.2) is 0 Å². The smallest absolute Gasteiger partial charge is 0.429 e. The summed E-state index contributed by atoms with van der Waals surface area (Å²) in [5.74, 6) is -0.323. The number of alkyl halides is 3. The molecule has 3 aromatic rings. The molecule has 1 spiro atoms. The number of nitrogen functional groups attached to an aromatic ring is 1. The molecule has 0 radical (unpaired) electrons. The molecule has 0 saturated carbocycles. The fourth-order valence-corrected chi connectivity index (χ4v) is 5.66. The molecule has 2 aromatic carbocycles. The molecule has 1 aromatic heterocycles. The lowest BCUT2D eigenvalue weighted by atomic mass is 9.76. The fourth-order valence-electron chi connectivity index (χ4n) is 5.66. The Morgan fingerprint density at radius 1 is 1.15 bits per heavy atom. The highest BCUT2D eigenvalue weighted by Crippen LogP contribution is 2.41. The Kier molecular flexibility index (Phi) is 7.69. The Labute approximate surface area is 235 Å². The van der Waals surface area contributed by atoms with Crippen LogP contribution >= 0.6 is 0 Å². The number of benzene rings is 2. The lowest BCUT2D eigenvalue weighted by molar-refractivity contribution is -0.198. The highest BCUT2D eigenvalue weighted by molar-refractivity contribution is 5.74. The van der Waals surface area contributed by atoms with E-state index < -0.39 is 24.3 Å². The van der Waals surface area contributed by atoms with E-state index in [1.807, 2.05) is 30.0 Å². The van der Waals surface area contributed by atoms with Crippen LogP contribution in [0.1, 0.15) is 36.5 Å². The topological polar surface area (TPSA) is 123 Å². The summed E-state index contributed by atoms with van der Waals surface area (Å²) in [6.45, 7) is 3.64. The molecule has 41 heavy (non-hydrogen) atoms. The van der Waals surface area contributed by atoms with E-state index in [0.717, 1.165) is 16.7 Å². The van der Waals surface area contributed by atoms with Gasteiger partial charge in [-0.1, -0.05) is 30.3 Å². The normalized spacial score (nSPS) is 19.2. The third-order valence-electron chi connectivity index (χ3n) is 8.02. The number of rotatable bonds is 7. The van der Waals surface area contributed by atoms with E-state index in [-0.39, 0.29) is 22.8 Å². The Bertz CT molecular complexity index is 1410. The number of carboxylic acid groups (broad SMARTS) is 1. The zero-order chi connectivity index (χ0) is 29.4. The van der Waals surface area contributed by atoms with Gasteiger partial charge in [0.05, 0.1) is 7.11 Å². The number of anilines is 2. The third-order valence-corrected chi connectivity index (χ3v) is 8.02. The molecule has 218 valence electrons. The van der Waals surface area contributed by atoms with Crippen molar-refractivity contribution in [1.82, 2.24) is 15.3 Å². The largest absolute Gasteiger partial charge is 0.497 e. The molecule has 0 aliphatic carbocycles. The van der Waals surface area contributed by atoms with E-state index in [9.17, 15) is 23.1 Å². The lowest BCUT2D eigenvalue weighted by Gasteiger charge is -2.39. The van der Waals surface area contributed by atoms with Crippen molar-refractivity contribution in [3.05, 3.63) is 59.7 Å². The molecule has 3 heterocycles. The minimum absolute atomic E-state index is 0.0813. The van der Waals surface area contributed by atoms with E-state index >= 15 is 0 Å². The maximum absolute atomic E-state index is 14.2. The second kappa shape index (κ2) is 11.1. The molecule has 12 heteroatoms. The van der Waals surface area contributed by atoms with Crippen LogP contribution in [-0.2, 0) is 4.79 Å². The number of piperidine rings is 1. The van der Waals surface area contributed by atoms with Gasteiger partial charge in [0, 0.05) is 31.3 Å². The molecular weight excluding hydrogens is 539 g/mol. The van der Waals surface area contributed by atoms with Crippen LogP contribution in [-0.4, -0.2) is 60.0 Å². The van der Waals surface area contributed by atoms with Crippen LogP contribution in [0.25, 0.3) is 11.1 Å². The van der Waals surface area contributed by atoms with Gasteiger partial charge in [0.15, 0.2) is 0 Å². The van der Waals surface area contributed by atoms with Gasteiger partial charge in [0.25, 0.3) is 0 Å². The van der Waals surface area contributed by atoms with Crippen LogP contribution in [0.4, 0.5) is 24.9 Å². The van der Waals surface area contributed by atoms with Crippen molar-refractivity contribution in [3.63, 3.8) is 0 Å². The van der Waals surface area contributed by atoms with E-state index in [0.29, 0.717) is 50.5 Å². The number of aromatic nitrogens is 2. The number of nitrogens with two attached hydrogens (primary N) is 1. The number of nitrogens with one attached hydrogen (secondary N) is 1. The second-order valence-corrected chi connectivity index (χ2v) is 10.7. The molecule has 1 unspecified atom stereocenters. The first-order valence-electron chi connectivity index (χ1n) is 13.3. The van der Waals surface area contributed by atoms with E-state index in [4.69, 9.17) is 15.2 Å². The predicted molar refractivity (Wildman–Crippen MR) is 147 cm³/mol. The molecule has 0 bridgehead atoms. The molecular formula is C29H32F3N5O4. The molecule has 0 amide bonds. The number of nitrogens with zero attached hydrogens (tertiary/aromatic N) is 3. The Morgan fingerprint density at radius 3 is 2.46 bits per heavy atom. The van der Waals surface area contributed by atoms with Crippen LogP contribution < -0.4 is 25.4 Å². The molecule has 2 aliphatic rings. The van der Waals surface area contributed by atoms with Gasteiger partial charge in [-0.05, 0) is 60.4 Å². The SMILES string of the molecule is COc1ccc(C)c(-c2ccc(C(Oc3cc(N4CCC5(CC4)CN[C@H](C(=O)O)C5)nc(N)n3)C(F)(F)F)cc2)c1. The van der Waals surface area contributed by atoms with Gasteiger partial charge in [0.2, 0.25) is 17.9 Å². The van der Waals surface area contributed by atoms with Crippen molar-refractivity contribution in [2.75, 3.05) is 37.4 Å². The van der Waals surface area contributed by atoms with Gasteiger partial charge in [0.1, 0.15) is 17.6 Å². The van der Waals surface area contributed by atoms with Crippen LogP contribution in [0.5, 0.6) is 11.6 Å². The number of halogens is 3. The highest BCUT2D eigenvalue weighted by Gasteiger charge is 2.45. The van der Waals surface area contributed by atoms with Crippen molar-refractivity contribution >= 4 is 17.7 Å². The van der Waals surface area contributed by atoms with Gasteiger partial charge in [-0.2, -0.15) is 23.1 Å².